The van der Waals surface area contributed by atoms with Crippen LogP contribution in [0.15, 0.2) is 49.2 Å². The van der Waals surface area contributed by atoms with Crippen molar-refractivity contribution < 1.29 is 13.5 Å². The van der Waals surface area contributed by atoms with Crippen LogP contribution >= 0.6 is 0 Å². The van der Waals surface area contributed by atoms with E-state index in [1.165, 1.54) is 12.5 Å². The lowest BCUT2D eigenvalue weighted by molar-refractivity contribution is 0.146. The molecule has 1 aliphatic carbocycles. The topological polar surface area (TPSA) is 96.4 Å². The highest BCUT2D eigenvalue weighted by Gasteiger charge is 2.31. The van der Waals surface area contributed by atoms with E-state index in [1.54, 1.807) is 24.1 Å². The molecule has 1 aromatic carbocycles. The first-order valence-electron chi connectivity index (χ1n) is 12.1. The van der Waals surface area contributed by atoms with Crippen LogP contribution in [0.3, 0.4) is 0 Å². The number of aryl methyl sites for hydroxylation is 1. The molecule has 6 rings (SSSR count). The summed E-state index contributed by atoms with van der Waals surface area (Å²) in [6, 6.07) is 7.67. The zero-order valence-electron chi connectivity index (χ0n) is 20.3. The number of aromatic nitrogens is 8. The van der Waals surface area contributed by atoms with Crippen LogP contribution in [0.25, 0.3) is 33.8 Å². The highest BCUT2D eigenvalue weighted by Crippen LogP contribution is 2.44. The van der Waals surface area contributed by atoms with Gasteiger partial charge in [-0.15, -0.1) is 0 Å². The van der Waals surface area contributed by atoms with Crippen molar-refractivity contribution >= 4 is 11.0 Å². The largest absolute Gasteiger partial charge is 0.480 e. The van der Waals surface area contributed by atoms with Crippen LogP contribution in [-0.2, 0) is 13.1 Å². The van der Waals surface area contributed by atoms with E-state index in [-0.39, 0.29) is 5.69 Å². The van der Waals surface area contributed by atoms with Crippen LogP contribution < -0.4 is 4.74 Å². The molecule has 0 spiro atoms. The normalized spacial score (nSPS) is 13.5. The predicted molar refractivity (Wildman–Crippen MR) is 132 cm³/mol. The van der Waals surface area contributed by atoms with E-state index in [4.69, 9.17) is 9.72 Å². The molecule has 0 saturated heterocycles. The van der Waals surface area contributed by atoms with Crippen molar-refractivity contribution in [2.75, 3.05) is 7.11 Å². The Hall–Kier alpha value is -4.28. The fraction of sp³-hybridized carbons (Fsp3) is 0.308. The Balaban J connectivity index is 1.32. The van der Waals surface area contributed by atoms with Gasteiger partial charge in [-0.05, 0) is 25.3 Å². The maximum atomic E-state index is 13.1. The van der Waals surface area contributed by atoms with Crippen LogP contribution in [-0.4, -0.2) is 46.4 Å². The summed E-state index contributed by atoms with van der Waals surface area (Å²) in [6.07, 6.45) is 5.95. The lowest BCUT2D eigenvalue weighted by atomic mass is 10.1. The van der Waals surface area contributed by atoms with E-state index >= 15 is 0 Å². The Kier molecular flexibility index (Phi) is 5.82. The van der Waals surface area contributed by atoms with Crippen molar-refractivity contribution in [3.05, 3.63) is 66.1 Å². The minimum absolute atomic E-state index is 0.218. The van der Waals surface area contributed by atoms with E-state index in [0.717, 1.165) is 40.6 Å². The summed E-state index contributed by atoms with van der Waals surface area (Å²) in [7, 11) is 1.58. The Labute approximate surface area is 211 Å². The van der Waals surface area contributed by atoms with Gasteiger partial charge < -0.3 is 9.30 Å². The summed E-state index contributed by atoms with van der Waals surface area (Å²) in [5.74, 6) is 1.86. The molecule has 188 valence electrons. The summed E-state index contributed by atoms with van der Waals surface area (Å²) >= 11 is 0. The van der Waals surface area contributed by atoms with Crippen molar-refractivity contribution in [2.45, 2.75) is 45.2 Å². The number of alkyl halides is 2. The van der Waals surface area contributed by atoms with Gasteiger partial charge in [0.1, 0.15) is 23.4 Å². The summed E-state index contributed by atoms with van der Waals surface area (Å²) in [6.45, 7) is 2.93. The second-order valence-corrected chi connectivity index (χ2v) is 8.97. The first-order chi connectivity index (χ1) is 18.1. The molecule has 0 atom stereocenters. The highest BCUT2D eigenvalue weighted by molar-refractivity contribution is 5.77. The maximum absolute atomic E-state index is 13.1. The van der Waals surface area contributed by atoms with Crippen LogP contribution in [0.5, 0.6) is 5.88 Å². The van der Waals surface area contributed by atoms with Crippen molar-refractivity contribution in [3.63, 3.8) is 0 Å². The van der Waals surface area contributed by atoms with Gasteiger partial charge in [0.2, 0.25) is 5.88 Å². The Morgan fingerprint density at radius 1 is 1.05 bits per heavy atom. The van der Waals surface area contributed by atoms with Gasteiger partial charge in [0.25, 0.3) is 6.43 Å². The zero-order chi connectivity index (χ0) is 25.5. The van der Waals surface area contributed by atoms with Crippen LogP contribution in [0, 0.1) is 0 Å². The smallest absolute Gasteiger partial charge is 0.281 e. The molecule has 11 heteroatoms. The molecule has 1 aliphatic rings. The van der Waals surface area contributed by atoms with Crippen molar-refractivity contribution in [1.82, 2.24) is 39.3 Å². The fourth-order valence-corrected chi connectivity index (χ4v) is 4.46. The molecule has 0 amide bonds. The minimum atomic E-state index is -2.60. The number of fused-ring (bicyclic) bond motifs is 1. The molecule has 0 radical (unpaired) electrons. The van der Waals surface area contributed by atoms with Crippen molar-refractivity contribution in [1.29, 1.82) is 0 Å². The molecular formula is C26H24F2N8O. The fourth-order valence-electron chi connectivity index (χ4n) is 4.46. The molecule has 0 aliphatic heterocycles. The lowest BCUT2D eigenvalue weighted by Crippen LogP contribution is -2.05. The third-order valence-electron chi connectivity index (χ3n) is 6.50. The molecule has 1 fully saturated rings. The van der Waals surface area contributed by atoms with E-state index in [0.29, 0.717) is 42.2 Å². The quantitative estimate of drug-likeness (QED) is 0.293. The number of imidazole rings is 1. The van der Waals surface area contributed by atoms with Crippen LogP contribution in [0.1, 0.15) is 49.1 Å². The molecule has 9 nitrogen and oxygen atoms in total. The summed E-state index contributed by atoms with van der Waals surface area (Å²) in [5, 5.41) is 5.33. The average Bonchev–Trinajstić information content (AvgIpc) is 3.56. The van der Waals surface area contributed by atoms with Gasteiger partial charge in [-0.3, -0.25) is 0 Å². The third-order valence-corrected chi connectivity index (χ3v) is 6.50. The maximum Gasteiger partial charge on any atom is 0.281 e. The number of benzene rings is 1. The van der Waals surface area contributed by atoms with Crippen LogP contribution in [0.2, 0.25) is 0 Å². The predicted octanol–water partition coefficient (Wildman–Crippen LogP) is 5.04. The molecular weight excluding hydrogens is 478 g/mol. The first-order valence-corrected chi connectivity index (χ1v) is 12.1. The summed E-state index contributed by atoms with van der Waals surface area (Å²) in [4.78, 5) is 22.3. The van der Waals surface area contributed by atoms with Crippen molar-refractivity contribution in [3.8, 4) is 28.7 Å². The Morgan fingerprint density at radius 3 is 2.57 bits per heavy atom. The molecule has 0 unspecified atom stereocenters. The number of hydrogen-bond acceptors (Lipinski definition) is 7. The van der Waals surface area contributed by atoms with E-state index in [1.807, 2.05) is 35.9 Å². The van der Waals surface area contributed by atoms with Gasteiger partial charge in [0.15, 0.2) is 11.5 Å². The third kappa shape index (κ3) is 4.30. The number of rotatable bonds is 8. The first kappa shape index (κ1) is 23.1. The average molecular weight is 503 g/mol. The van der Waals surface area contributed by atoms with Gasteiger partial charge >= 0.3 is 0 Å². The molecule has 4 aromatic heterocycles. The number of methoxy groups -OCH3 is 1. The van der Waals surface area contributed by atoms with Crippen molar-refractivity contribution in [2.24, 2.45) is 0 Å². The van der Waals surface area contributed by atoms with Gasteiger partial charge in [-0.25, -0.2) is 38.4 Å². The van der Waals surface area contributed by atoms with Crippen LogP contribution in [0.4, 0.5) is 8.78 Å². The molecule has 5 aromatic rings. The van der Waals surface area contributed by atoms with E-state index in [9.17, 15) is 8.78 Å². The number of ether oxygens (including phenoxy) is 1. The summed E-state index contributed by atoms with van der Waals surface area (Å²) in [5.41, 5.74) is 3.86. The lowest BCUT2D eigenvalue weighted by Gasteiger charge is -2.11. The second kappa shape index (κ2) is 9.30. The number of hydrogen-bond donors (Lipinski definition) is 0. The van der Waals surface area contributed by atoms with Gasteiger partial charge in [0.05, 0.1) is 30.9 Å². The second-order valence-electron chi connectivity index (χ2n) is 8.97. The molecule has 0 bridgehead atoms. The molecule has 37 heavy (non-hydrogen) atoms. The minimum Gasteiger partial charge on any atom is -0.480 e. The van der Waals surface area contributed by atoms with E-state index < -0.39 is 6.43 Å². The summed E-state index contributed by atoms with van der Waals surface area (Å²) < 4.78 is 35.4. The standard InChI is InChI=1S/C26H24F2N8O/c1-3-35-13-19(22(27)28)33-24(35)17-6-4-15(5-7-17)12-36-25-18(11-32-36)10-29-23(34-25)20-21(16-8-9-16)30-14-31-26(20)37-2/h4-7,10-11,13-14,16,22H,3,8-9,12H2,1-2H3. The van der Waals surface area contributed by atoms with E-state index in [2.05, 4.69) is 25.0 Å². The Bertz CT molecular complexity index is 1570. The van der Waals surface area contributed by atoms with Gasteiger partial charge in [-0.2, -0.15) is 5.10 Å². The monoisotopic (exact) mass is 502 g/mol. The number of halogens is 2. The van der Waals surface area contributed by atoms with Gasteiger partial charge in [-0.1, -0.05) is 24.3 Å². The molecule has 1 saturated carbocycles. The van der Waals surface area contributed by atoms with Gasteiger partial charge in [0, 0.05) is 30.4 Å². The molecule has 4 heterocycles. The highest BCUT2D eigenvalue weighted by atomic mass is 19.3. The number of nitrogens with zero attached hydrogens (tertiary/aromatic N) is 8. The Morgan fingerprint density at radius 2 is 1.86 bits per heavy atom. The SMILES string of the molecule is CCn1cc(C(F)F)nc1-c1ccc(Cn2ncc3cnc(-c4c(OC)ncnc4C4CC4)nc32)cc1. The molecule has 0 N–H and O–H groups in total. The zero-order valence-corrected chi connectivity index (χ0v) is 20.3.